The van der Waals surface area contributed by atoms with E-state index in [2.05, 4.69) is 39.7 Å². The first kappa shape index (κ1) is 10.1. The van der Waals surface area contributed by atoms with Crippen molar-refractivity contribution < 1.29 is 0 Å². The van der Waals surface area contributed by atoms with Gasteiger partial charge < -0.3 is 4.98 Å². The summed E-state index contributed by atoms with van der Waals surface area (Å²) < 4.78 is 0.841. The third kappa shape index (κ3) is 2.49. The Bertz CT molecular complexity index is 258. The number of nitrogens with zero attached hydrogens (tertiary/aromatic N) is 1. The Kier molecular flexibility index (Phi) is 3.59. The lowest BCUT2D eigenvalue weighted by atomic mass is 10.1. The molecule has 2 nitrogen and oxygen atoms in total. The molecule has 0 fully saturated rings. The van der Waals surface area contributed by atoms with Gasteiger partial charge in [-0.15, -0.1) is 11.6 Å². The van der Waals surface area contributed by atoms with Gasteiger partial charge in [0.05, 0.1) is 11.6 Å². The maximum absolute atomic E-state index is 5.68. The normalized spacial score (nSPS) is 11.1. The molecule has 0 saturated carbocycles. The predicted molar refractivity (Wildman–Crippen MR) is 54.4 cm³/mol. The van der Waals surface area contributed by atoms with E-state index in [0.717, 1.165) is 22.5 Å². The molecule has 1 heterocycles. The topological polar surface area (TPSA) is 28.7 Å². The van der Waals surface area contributed by atoms with Crippen molar-refractivity contribution in [2.75, 3.05) is 0 Å². The molecule has 0 amide bonds. The van der Waals surface area contributed by atoms with E-state index < -0.39 is 0 Å². The van der Waals surface area contributed by atoms with Crippen LogP contribution in [0.2, 0.25) is 0 Å². The molecule has 1 aromatic rings. The molecule has 1 aromatic heterocycles. The number of imidazole rings is 1. The first-order chi connectivity index (χ1) is 5.63. The molecule has 0 aromatic carbocycles. The standard InChI is InChI=1S/C8H12BrClN2/c1-5(2)3-7-11-6(4-10)8(9)12-7/h5H,3-4H2,1-2H3,(H,11,12). The van der Waals surface area contributed by atoms with Crippen LogP contribution >= 0.6 is 27.5 Å². The van der Waals surface area contributed by atoms with Crippen molar-refractivity contribution in [3.63, 3.8) is 0 Å². The maximum atomic E-state index is 5.68. The van der Waals surface area contributed by atoms with E-state index in [1.54, 1.807) is 0 Å². The summed E-state index contributed by atoms with van der Waals surface area (Å²) in [5, 5.41) is 0. The van der Waals surface area contributed by atoms with Gasteiger partial charge in [-0.05, 0) is 21.8 Å². The lowest BCUT2D eigenvalue weighted by Crippen LogP contribution is -1.95. The molecule has 4 heteroatoms. The van der Waals surface area contributed by atoms with Crippen LogP contribution in [0.4, 0.5) is 0 Å². The van der Waals surface area contributed by atoms with Crippen molar-refractivity contribution in [2.45, 2.75) is 26.1 Å². The summed E-state index contributed by atoms with van der Waals surface area (Å²) in [5.41, 5.74) is 0.965. The van der Waals surface area contributed by atoms with Crippen molar-refractivity contribution >= 4 is 27.5 Å². The Morgan fingerprint density at radius 1 is 1.58 bits per heavy atom. The second-order valence-electron chi connectivity index (χ2n) is 3.18. The lowest BCUT2D eigenvalue weighted by Gasteiger charge is -1.98. The monoisotopic (exact) mass is 250 g/mol. The zero-order valence-corrected chi connectivity index (χ0v) is 9.54. The van der Waals surface area contributed by atoms with Crippen LogP contribution in [-0.4, -0.2) is 9.97 Å². The number of hydrogen-bond acceptors (Lipinski definition) is 1. The highest BCUT2D eigenvalue weighted by molar-refractivity contribution is 9.10. The van der Waals surface area contributed by atoms with Gasteiger partial charge in [0.1, 0.15) is 10.4 Å². The fraction of sp³-hybridized carbons (Fsp3) is 0.625. The predicted octanol–water partition coefficient (Wildman–Crippen LogP) is 3.11. The average molecular weight is 252 g/mol. The van der Waals surface area contributed by atoms with Crippen LogP contribution in [0.15, 0.2) is 4.60 Å². The van der Waals surface area contributed by atoms with Crippen LogP contribution in [0.1, 0.15) is 25.4 Å². The minimum Gasteiger partial charge on any atom is -0.344 e. The lowest BCUT2D eigenvalue weighted by molar-refractivity contribution is 0.625. The SMILES string of the molecule is CC(C)Cc1nc(Br)c(CCl)[nH]1. The second-order valence-corrected chi connectivity index (χ2v) is 4.20. The molecule has 0 spiro atoms. The van der Waals surface area contributed by atoms with Crippen LogP contribution in [0.5, 0.6) is 0 Å². The molecule has 1 N–H and O–H groups in total. The number of aromatic nitrogens is 2. The van der Waals surface area contributed by atoms with E-state index in [4.69, 9.17) is 11.6 Å². The summed E-state index contributed by atoms with van der Waals surface area (Å²) in [4.78, 5) is 7.47. The molecular weight excluding hydrogens is 239 g/mol. The Hall–Kier alpha value is -0.0200. The van der Waals surface area contributed by atoms with E-state index in [1.807, 2.05) is 0 Å². The molecular formula is C8H12BrClN2. The number of alkyl halides is 1. The number of rotatable bonds is 3. The zero-order valence-electron chi connectivity index (χ0n) is 7.19. The van der Waals surface area contributed by atoms with Crippen molar-refractivity contribution in [3.05, 3.63) is 16.1 Å². The summed E-state index contributed by atoms with van der Waals surface area (Å²) in [7, 11) is 0. The average Bonchev–Trinajstić information content (AvgIpc) is 2.29. The Balaban J connectivity index is 2.75. The molecule has 12 heavy (non-hydrogen) atoms. The van der Waals surface area contributed by atoms with Crippen LogP contribution < -0.4 is 0 Å². The van der Waals surface area contributed by atoms with Gasteiger partial charge in [0.2, 0.25) is 0 Å². The van der Waals surface area contributed by atoms with E-state index >= 15 is 0 Å². The van der Waals surface area contributed by atoms with Gasteiger partial charge in [0.15, 0.2) is 0 Å². The van der Waals surface area contributed by atoms with Gasteiger partial charge in [-0.2, -0.15) is 0 Å². The van der Waals surface area contributed by atoms with Crippen LogP contribution in [0, 0.1) is 5.92 Å². The number of nitrogens with one attached hydrogen (secondary N) is 1. The van der Waals surface area contributed by atoms with Crippen molar-refractivity contribution in [3.8, 4) is 0 Å². The number of H-pyrrole nitrogens is 1. The Labute approximate surface area is 85.9 Å². The van der Waals surface area contributed by atoms with Gasteiger partial charge in [-0.3, -0.25) is 0 Å². The first-order valence-electron chi connectivity index (χ1n) is 3.92. The molecule has 0 aliphatic heterocycles. The quantitative estimate of drug-likeness (QED) is 0.822. The van der Waals surface area contributed by atoms with Crippen molar-refractivity contribution in [1.29, 1.82) is 0 Å². The molecule has 1 rings (SSSR count). The molecule has 0 saturated heterocycles. The minimum atomic E-state index is 0.478. The van der Waals surface area contributed by atoms with Gasteiger partial charge in [0, 0.05) is 6.42 Å². The fourth-order valence-electron chi connectivity index (χ4n) is 1.01. The van der Waals surface area contributed by atoms with E-state index in [-0.39, 0.29) is 0 Å². The third-order valence-electron chi connectivity index (χ3n) is 1.51. The molecule has 0 unspecified atom stereocenters. The van der Waals surface area contributed by atoms with Crippen molar-refractivity contribution in [1.82, 2.24) is 9.97 Å². The smallest absolute Gasteiger partial charge is 0.128 e. The van der Waals surface area contributed by atoms with Gasteiger partial charge in [-0.1, -0.05) is 13.8 Å². The summed E-state index contributed by atoms with van der Waals surface area (Å²) in [6, 6.07) is 0. The molecule has 0 radical (unpaired) electrons. The van der Waals surface area contributed by atoms with Gasteiger partial charge in [-0.25, -0.2) is 4.98 Å². The molecule has 0 atom stereocenters. The van der Waals surface area contributed by atoms with E-state index in [1.165, 1.54) is 0 Å². The minimum absolute atomic E-state index is 0.478. The number of halogens is 2. The molecule has 0 aliphatic carbocycles. The second kappa shape index (κ2) is 4.28. The highest BCUT2D eigenvalue weighted by Gasteiger charge is 2.07. The largest absolute Gasteiger partial charge is 0.344 e. The van der Waals surface area contributed by atoms with Crippen molar-refractivity contribution in [2.24, 2.45) is 5.92 Å². The fourth-order valence-corrected chi connectivity index (χ4v) is 1.82. The summed E-state index contributed by atoms with van der Waals surface area (Å²) >= 11 is 9.02. The zero-order chi connectivity index (χ0) is 9.14. The van der Waals surface area contributed by atoms with Crippen LogP contribution in [0.3, 0.4) is 0 Å². The van der Waals surface area contributed by atoms with Gasteiger partial charge in [0.25, 0.3) is 0 Å². The Morgan fingerprint density at radius 2 is 2.25 bits per heavy atom. The van der Waals surface area contributed by atoms with E-state index in [9.17, 15) is 0 Å². The van der Waals surface area contributed by atoms with E-state index in [0.29, 0.717) is 11.8 Å². The summed E-state index contributed by atoms with van der Waals surface area (Å²) in [6.07, 6.45) is 0.968. The number of aromatic amines is 1. The van der Waals surface area contributed by atoms with Crippen LogP contribution in [-0.2, 0) is 12.3 Å². The molecule has 0 bridgehead atoms. The van der Waals surface area contributed by atoms with Gasteiger partial charge >= 0.3 is 0 Å². The summed E-state index contributed by atoms with van der Waals surface area (Å²) in [6.45, 7) is 4.33. The first-order valence-corrected chi connectivity index (χ1v) is 5.25. The van der Waals surface area contributed by atoms with Crippen LogP contribution in [0.25, 0.3) is 0 Å². The third-order valence-corrected chi connectivity index (χ3v) is 2.44. The molecule has 68 valence electrons. The summed E-state index contributed by atoms with van der Waals surface area (Å²) in [5.74, 6) is 2.10. The Morgan fingerprint density at radius 3 is 2.67 bits per heavy atom. The highest BCUT2D eigenvalue weighted by atomic mass is 79.9. The molecule has 0 aliphatic rings. The number of hydrogen-bond donors (Lipinski definition) is 1. The maximum Gasteiger partial charge on any atom is 0.128 e. The highest BCUT2D eigenvalue weighted by Crippen LogP contribution is 2.17.